The van der Waals surface area contributed by atoms with Crippen LogP contribution in [0.25, 0.3) is 0 Å². The topological polar surface area (TPSA) is 24.7 Å². The van der Waals surface area contributed by atoms with Gasteiger partial charge in [-0.2, -0.15) is 0 Å². The predicted octanol–water partition coefficient (Wildman–Crippen LogP) is 9.26. The van der Waals surface area contributed by atoms with Crippen LogP contribution in [0.4, 0.5) is 11.4 Å². The fourth-order valence-corrected chi connectivity index (χ4v) is 4.31. The summed E-state index contributed by atoms with van der Waals surface area (Å²) in [6, 6.07) is 22.3. The zero-order chi connectivity index (χ0) is 22.5. The van der Waals surface area contributed by atoms with E-state index in [1.165, 1.54) is 11.1 Å². The van der Waals surface area contributed by atoms with Gasteiger partial charge in [-0.15, -0.1) is 0 Å². The first-order valence-electron chi connectivity index (χ1n) is 10.6. The van der Waals surface area contributed by atoms with E-state index in [9.17, 15) is 0 Å². The first-order chi connectivity index (χ1) is 14.8. The molecule has 0 amide bonds. The second-order valence-corrected chi connectivity index (χ2v) is 9.45. The third kappa shape index (κ3) is 5.53. The first kappa shape index (κ1) is 23.4. The summed E-state index contributed by atoms with van der Waals surface area (Å²) in [7, 11) is 0. The van der Waals surface area contributed by atoms with Gasteiger partial charge in [0.1, 0.15) is 0 Å². The van der Waals surface area contributed by atoms with Crippen LogP contribution in [0.3, 0.4) is 0 Å². The molecule has 0 saturated heterocycles. The molecule has 0 heterocycles. The number of nitrogens with zero attached hydrogens (tertiary/aromatic N) is 2. The number of rotatable bonds is 6. The molecule has 0 aliphatic rings. The lowest BCUT2D eigenvalue weighted by Gasteiger charge is -2.17. The Balaban J connectivity index is 2.25. The van der Waals surface area contributed by atoms with Gasteiger partial charge in [0.2, 0.25) is 0 Å². The zero-order valence-electron chi connectivity index (χ0n) is 18.7. The fraction of sp³-hybridized carbons (Fsp3) is 0.259. The predicted molar refractivity (Wildman–Crippen MR) is 139 cm³/mol. The van der Waals surface area contributed by atoms with Crippen LogP contribution in [0.15, 0.2) is 81.2 Å². The number of aliphatic imine (C=N–C) groups is 2. The molecule has 0 saturated carbocycles. The Morgan fingerprint density at radius 3 is 1.87 bits per heavy atom. The molecule has 0 radical (unpaired) electrons. The summed E-state index contributed by atoms with van der Waals surface area (Å²) >= 11 is 10.1. The van der Waals surface area contributed by atoms with Gasteiger partial charge >= 0.3 is 0 Å². The van der Waals surface area contributed by atoms with Crippen LogP contribution in [-0.4, -0.2) is 11.4 Å². The monoisotopic (exact) mass is 494 g/mol. The second kappa shape index (κ2) is 10.4. The van der Waals surface area contributed by atoms with Gasteiger partial charge in [0.15, 0.2) is 0 Å². The Labute approximate surface area is 199 Å². The van der Waals surface area contributed by atoms with Crippen molar-refractivity contribution in [1.29, 1.82) is 0 Å². The van der Waals surface area contributed by atoms with Crippen molar-refractivity contribution >= 4 is 50.3 Å². The highest BCUT2D eigenvalue weighted by atomic mass is 79.9. The average molecular weight is 496 g/mol. The van der Waals surface area contributed by atoms with E-state index in [1.54, 1.807) is 0 Å². The van der Waals surface area contributed by atoms with E-state index in [0.717, 1.165) is 27.1 Å². The van der Waals surface area contributed by atoms with Crippen molar-refractivity contribution in [1.82, 2.24) is 0 Å². The van der Waals surface area contributed by atoms with E-state index in [1.807, 2.05) is 43.3 Å². The number of hydrogen-bond acceptors (Lipinski definition) is 2. The maximum Gasteiger partial charge on any atom is 0.0966 e. The van der Waals surface area contributed by atoms with Gasteiger partial charge in [0.05, 0.1) is 27.8 Å². The largest absolute Gasteiger partial charge is 0.251 e. The van der Waals surface area contributed by atoms with Crippen molar-refractivity contribution in [3.63, 3.8) is 0 Å². The molecule has 3 rings (SSSR count). The molecule has 0 aliphatic carbocycles. The maximum atomic E-state index is 6.48. The van der Waals surface area contributed by atoms with E-state index < -0.39 is 0 Å². The van der Waals surface area contributed by atoms with Gasteiger partial charge in [0.25, 0.3) is 0 Å². The lowest BCUT2D eigenvalue weighted by molar-refractivity contribution is 0.835. The molecule has 31 heavy (non-hydrogen) atoms. The SMILES string of the molecule is CC(=N\c1c(C(C)C)cccc1C(C)C)/C(=N/c1c(Cl)cccc1Br)c1ccccc1. The van der Waals surface area contributed by atoms with Crippen molar-refractivity contribution < 1.29 is 0 Å². The van der Waals surface area contributed by atoms with E-state index >= 15 is 0 Å². The molecule has 0 aromatic heterocycles. The van der Waals surface area contributed by atoms with Crippen LogP contribution in [0, 0.1) is 0 Å². The lowest BCUT2D eigenvalue weighted by atomic mass is 9.92. The van der Waals surface area contributed by atoms with Crippen molar-refractivity contribution in [2.45, 2.75) is 46.5 Å². The van der Waals surface area contributed by atoms with E-state index in [-0.39, 0.29) is 0 Å². The molecule has 160 valence electrons. The van der Waals surface area contributed by atoms with Gasteiger partial charge in [-0.05, 0) is 57.9 Å². The number of benzene rings is 3. The van der Waals surface area contributed by atoms with Crippen LogP contribution >= 0.6 is 27.5 Å². The molecule has 0 spiro atoms. The average Bonchev–Trinajstić information content (AvgIpc) is 2.74. The molecule has 0 unspecified atom stereocenters. The van der Waals surface area contributed by atoms with Crippen LogP contribution < -0.4 is 0 Å². The molecular formula is C27H28BrClN2. The summed E-state index contributed by atoms with van der Waals surface area (Å²) in [5.74, 6) is 0.750. The minimum Gasteiger partial charge on any atom is -0.251 e. The quantitative estimate of drug-likeness (QED) is 0.304. The van der Waals surface area contributed by atoms with Gasteiger partial charge < -0.3 is 0 Å². The molecular weight excluding hydrogens is 468 g/mol. The number of hydrogen-bond donors (Lipinski definition) is 0. The first-order valence-corrected chi connectivity index (χ1v) is 11.7. The van der Waals surface area contributed by atoms with E-state index in [2.05, 4.69) is 74.0 Å². The minimum atomic E-state index is 0.375. The van der Waals surface area contributed by atoms with Crippen LogP contribution in [0.1, 0.15) is 63.1 Å². The summed E-state index contributed by atoms with van der Waals surface area (Å²) < 4.78 is 0.853. The van der Waals surface area contributed by atoms with Crippen molar-refractivity contribution in [2.75, 3.05) is 0 Å². The molecule has 3 aromatic carbocycles. The Bertz CT molecular complexity index is 1070. The molecule has 0 bridgehead atoms. The van der Waals surface area contributed by atoms with Crippen LogP contribution in [0.5, 0.6) is 0 Å². The van der Waals surface area contributed by atoms with Crippen LogP contribution in [-0.2, 0) is 0 Å². The smallest absolute Gasteiger partial charge is 0.0966 e. The maximum absolute atomic E-state index is 6.48. The Hall–Kier alpha value is -2.23. The van der Waals surface area contributed by atoms with Crippen molar-refractivity contribution in [2.24, 2.45) is 9.98 Å². The van der Waals surface area contributed by atoms with Gasteiger partial charge in [-0.1, -0.05) is 93.9 Å². The fourth-order valence-electron chi connectivity index (χ4n) is 3.52. The highest BCUT2D eigenvalue weighted by Crippen LogP contribution is 2.36. The number of halogens is 2. The second-order valence-electron chi connectivity index (χ2n) is 8.19. The summed E-state index contributed by atoms with van der Waals surface area (Å²) in [5.41, 5.74) is 6.92. The van der Waals surface area contributed by atoms with Crippen LogP contribution in [0.2, 0.25) is 5.02 Å². The molecule has 0 fully saturated rings. The van der Waals surface area contributed by atoms with Crippen molar-refractivity contribution in [3.8, 4) is 0 Å². The molecule has 0 atom stereocenters. The molecule has 3 aromatic rings. The van der Waals surface area contributed by atoms with Crippen molar-refractivity contribution in [3.05, 3.63) is 92.9 Å². The summed E-state index contributed by atoms with van der Waals surface area (Å²) in [5, 5.41) is 0.598. The van der Waals surface area contributed by atoms with Gasteiger partial charge in [-0.3, -0.25) is 4.99 Å². The highest BCUT2D eigenvalue weighted by molar-refractivity contribution is 9.10. The molecule has 0 aliphatic heterocycles. The normalized spacial score (nSPS) is 12.7. The Kier molecular flexibility index (Phi) is 7.85. The minimum absolute atomic E-state index is 0.375. The summed E-state index contributed by atoms with van der Waals surface area (Å²) in [6.45, 7) is 10.9. The van der Waals surface area contributed by atoms with Gasteiger partial charge in [0, 0.05) is 10.0 Å². The van der Waals surface area contributed by atoms with Gasteiger partial charge in [-0.25, -0.2) is 4.99 Å². The summed E-state index contributed by atoms with van der Waals surface area (Å²) in [4.78, 5) is 10.1. The standard InChI is InChI=1S/C27H28BrClN2/c1-17(2)21-13-9-14-22(18(3)4)26(21)30-19(5)25(20-11-7-6-8-12-20)31-27-23(28)15-10-16-24(27)29/h6-18H,1-5H3/b30-19+,31-25-. The number of para-hydroxylation sites is 2. The molecule has 2 nitrogen and oxygen atoms in total. The Morgan fingerprint density at radius 1 is 0.742 bits per heavy atom. The zero-order valence-corrected chi connectivity index (χ0v) is 21.0. The lowest BCUT2D eigenvalue weighted by Crippen LogP contribution is -2.12. The Morgan fingerprint density at radius 2 is 1.32 bits per heavy atom. The van der Waals surface area contributed by atoms with E-state index in [0.29, 0.717) is 22.5 Å². The molecule has 0 N–H and O–H groups in total. The molecule has 4 heteroatoms. The third-order valence-corrected chi connectivity index (χ3v) is 6.12. The summed E-state index contributed by atoms with van der Waals surface area (Å²) in [6.07, 6.45) is 0. The third-order valence-electron chi connectivity index (χ3n) is 5.17. The highest BCUT2D eigenvalue weighted by Gasteiger charge is 2.16. The van der Waals surface area contributed by atoms with E-state index in [4.69, 9.17) is 21.6 Å².